The first-order valence-electron chi connectivity index (χ1n) is 4.40. The lowest BCUT2D eigenvalue weighted by Gasteiger charge is -2.03. The highest BCUT2D eigenvalue weighted by Gasteiger charge is 2.05. The Kier molecular flexibility index (Phi) is 3.83. The van der Waals surface area contributed by atoms with E-state index in [4.69, 9.17) is 10.8 Å². The van der Waals surface area contributed by atoms with Gasteiger partial charge in [0, 0.05) is 10.6 Å². The van der Waals surface area contributed by atoms with Crippen LogP contribution in [-0.2, 0) is 0 Å². The summed E-state index contributed by atoms with van der Waals surface area (Å²) in [5.74, 6) is 0.0401. The number of aromatic carboxylic acids is 1. The molecule has 0 saturated carbocycles. The van der Waals surface area contributed by atoms with Gasteiger partial charge in [-0.2, -0.15) is 0 Å². The molecule has 0 heterocycles. The average Bonchev–Trinajstić information content (AvgIpc) is 2.14. The number of anilines is 1. The first-order chi connectivity index (χ1) is 6.63. The molecule has 0 amide bonds. The molecule has 0 spiro atoms. The van der Waals surface area contributed by atoms with Crippen molar-refractivity contribution < 1.29 is 9.90 Å². The van der Waals surface area contributed by atoms with E-state index in [2.05, 4.69) is 6.92 Å². The third-order valence-electron chi connectivity index (χ3n) is 1.65. The normalized spacial score (nSPS) is 10.1. The van der Waals surface area contributed by atoms with Crippen molar-refractivity contribution in [3.05, 3.63) is 23.8 Å². The van der Waals surface area contributed by atoms with E-state index in [1.807, 2.05) is 0 Å². The van der Waals surface area contributed by atoms with Gasteiger partial charge in [0.2, 0.25) is 0 Å². The van der Waals surface area contributed by atoms with E-state index in [-0.39, 0.29) is 5.56 Å². The van der Waals surface area contributed by atoms with Crippen LogP contribution in [0, 0.1) is 0 Å². The van der Waals surface area contributed by atoms with Gasteiger partial charge in [0.05, 0.1) is 5.56 Å². The van der Waals surface area contributed by atoms with E-state index in [9.17, 15) is 4.79 Å². The molecule has 3 nitrogen and oxygen atoms in total. The largest absolute Gasteiger partial charge is 0.478 e. The molecule has 0 aliphatic carbocycles. The number of benzene rings is 1. The lowest BCUT2D eigenvalue weighted by atomic mass is 10.2. The molecule has 0 aliphatic heterocycles. The predicted octanol–water partition coefficient (Wildman–Crippen LogP) is 2.47. The Labute approximate surface area is 87.3 Å². The van der Waals surface area contributed by atoms with Crippen LogP contribution < -0.4 is 5.73 Å². The van der Waals surface area contributed by atoms with Gasteiger partial charge in [-0.15, -0.1) is 11.8 Å². The molecule has 0 radical (unpaired) electrons. The third kappa shape index (κ3) is 2.96. The van der Waals surface area contributed by atoms with E-state index in [1.54, 1.807) is 23.9 Å². The van der Waals surface area contributed by atoms with Gasteiger partial charge in [0.25, 0.3) is 0 Å². The number of carbonyl (C=O) groups is 1. The highest BCUT2D eigenvalue weighted by molar-refractivity contribution is 7.99. The zero-order valence-corrected chi connectivity index (χ0v) is 8.80. The molecule has 76 valence electrons. The van der Waals surface area contributed by atoms with Gasteiger partial charge in [-0.1, -0.05) is 6.92 Å². The maximum absolute atomic E-state index is 10.7. The fourth-order valence-corrected chi connectivity index (χ4v) is 1.92. The van der Waals surface area contributed by atoms with Crippen LogP contribution in [0.15, 0.2) is 23.1 Å². The summed E-state index contributed by atoms with van der Waals surface area (Å²) in [6.45, 7) is 2.08. The van der Waals surface area contributed by atoms with E-state index < -0.39 is 5.97 Å². The topological polar surface area (TPSA) is 63.3 Å². The first-order valence-corrected chi connectivity index (χ1v) is 5.38. The Hall–Kier alpha value is -1.16. The van der Waals surface area contributed by atoms with Crippen LogP contribution in [0.3, 0.4) is 0 Å². The highest BCUT2D eigenvalue weighted by Crippen LogP contribution is 2.23. The number of nitrogens with two attached hydrogens (primary N) is 1. The highest BCUT2D eigenvalue weighted by atomic mass is 32.2. The van der Waals surface area contributed by atoms with Crippen molar-refractivity contribution in [2.45, 2.75) is 18.2 Å². The molecule has 0 aromatic heterocycles. The smallest absolute Gasteiger partial charge is 0.335 e. The summed E-state index contributed by atoms with van der Waals surface area (Å²) in [7, 11) is 0. The van der Waals surface area contributed by atoms with Crippen molar-refractivity contribution in [3.8, 4) is 0 Å². The van der Waals surface area contributed by atoms with Gasteiger partial charge in [0.15, 0.2) is 0 Å². The second-order valence-corrected chi connectivity index (χ2v) is 4.11. The van der Waals surface area contributed by atoms with Crippen LogP contribution >= 0.6 is 11.8 Å². The van der Waals surface area contributed by atoms with Gasteiger partial charge < -0.3 is 10.8 Å². The summed E-state index contributed by atoms with van der Waals surface area (Å²) in [6.07, 6.45) is 1.06. The molecule has 1 aromatic carbocycles. The molecule has 4 heteroatoms. The Morgan fingerprint density at radius 1 is 1.50 bits per heavy atom. The quantitative estimate of drug-likeness (QED) is 0.593. The Bertz CT molecular complexity index is 339. The first kappa shape index (κ1) is 10.9. The molecule has 0 fully saturated rings. The van der Waals surface area contributed by atoms with E-state index in [1.165, 1.54) is 6.07 Å². The van der Waals surface area contributed by atoms with Crippen LogP contribution in [0.25, 0.3) is 0 Å². The number of nitrogen functional groups attached to an aromatic ring is 1. The third-order valence-corrected chi connectivity index (χ3v) is 2.83. The van der Waals surface area contributed by atoms with Crippen molar-refractivity contribution in [2.75, 3.05) is 11.5 Å². The summed E-state index contributed by atoms with van der Waals surface area (Å²) in [6, 6.07) is 4.92. The molecule has 0 aliphatic rings. The van der Waals surface area contributed by atoms with Gasteiger partial charge in [-0.25, -0.2) is 4.79 Å². The number of rotatable bonds is 4. The second kappa shape index (κ2) is 4.91. The van der Waals surface area contributed by atoms with Gasteiger partial charge in [-0.05, 0) is 30.4 Å². The molecule has 3 N–H and O–H groups in total. The number of hydrogen-bond acceptors (Lipinski definition) is 3. The molecule has 0 atom stereocenters. The summed E-state index contributed by atoms with van der Waals surface area (Å²) < 4.78 is 0. The summed E-state index contributed by atoms with van der Waals surface area (Å²) >= 11 is 1.62. The molecular formula is C10H13NO2S. The van der Waals surface area contributed by atoms with Crippen molar-refractivity contribution in [1.82, 2.24) is 0 Å². The number of thioether (sulfide) groups is 1. The van der Waals surface area contributed by atoms with Crippen molar-refractivity contribution in [1.29, 1.82) is 0 Å². The van der Waals surface area contributed by atoms with Crippen LogP contribution in [0.4, 0.5) is 5.69 Å². The van der Waals surface area contributed by atoms with Crippen molar-refractivity contribution in [2.24, 2.45) is 0 Å². The second-order valence-electron chi connectivity index (χ2n) is 2.94. The Morgan fingerprint density at radius 2 is 2.21 bits per heavy atom. The summed E-state index contributed by atoms with van der Waals surface area (Å²) in [4.78, 5) is 11.6. The molecule has 1 aromatic rings. The SMILES string of the molecule is CCCSc1cc(N)cc(C(=O)O)c1. The van der Waals surface area contributed by atoms with E-state index >= 15 is 0 Å². The number of carboxylic acid groups (broad SMARTS) is 1. The lowest BCUT2D eigenvalue weighted by Crippen LogP contribution is -1.98. The van der Waals surface area contributed by atoms with Gasteiger partial charge >= 0.3 is 5.97 Å². The van der Waals surface area contributed by atoms with Crippen LogP contribution in [-0.4, -0.2) is 16.8 Å². The monoisotopic (exact) mass is 211 g/mol. The Morgan fingerprint density at radius 3 is 2.79 bits per heavy atom. The standard InChI is InChI=1S/C10H13NO2S/c1-2-3-14-9-5-7(10(12)13)4-8(11)6-9/h4-6H,2-3,11H2,1H3,(H,12,13). The molecule has 0 unspecified atom stereocenters. The number of carboxylic acids is 1. The minimum Gasteiger partial charge on any atom is -0.478 e. The minimum absolute atomic E-state index is 0.253. The van der Waals surface area contributed by atoms with Crippen LogP contribution in [0.5, 0.6) is 0 Å². The van der Waals surface area contributed by atoms with Crippen LogP contribution in [0.2, 0.25) is 0 Å². The van der Waals surface area contributed by atoms with Crippen molar-refractivity contribution >= 4 is 23.4 Å². The molecule has 0 bridgehead atoms. The summed E-state index contributed by atoms with van der Waals surface area (Å²) in [5.41, 5.74) is 6.35. The predicted molar refractivity (Wildman–Crippen MR) is 58.8 cm³/mol. The van der Waals surface area contributed by atoms with Gasteiger partial charge in [-0.3, -0.25) is 0 Å². The molecule has 14 heavy (non-hydrogen) atoms. The van der Waals surface area contributed by atoms with E-state index in [0.29, 0.717) is 5.69 Å². The molecule has 0 saturated heterocycles. The van der Waals surface area contributed by atoms with E-state index in [0.717, 1.165) is 17.1 Å². The zero-order chi connectivity index (χ0) is 10.6. The fourth-order valence-electron chi connectivity index (χ4n) is 1.05. The van der Waals surface area contributed by atoms with Crippen LogP contribution in [0.1, 0.15) is 23.7 Å². The molecule has 1 rings (SSSR count). The maximum atomic E-state index is 10.7. The average molecular weight is 211 g/mol. The van der Waals surface area contributed by atoms with Crippen molar-refractivity contribution in [3.63, 3.8) is 0 Å². The summed E-state index contributed by atoms with van der Waals surface area (Å²) in [5, 5.41) is 8.79. The minimum atomic E-state index is -0.935. The zero-order valence-electron chi connectivity index (χ0n) is 7.99. The fraction of sp³-hybridized carbons (Fsp3) is 0.300. The lowest BCUT2D eigenvalue weighted by molar-refractivity contribution is 0.0696. The Balaban J connectivity index is 2.89. The van der Waals surface area contributed by atoms with Gasteiger partial charge in [0.1, 0.15) is 0 Å². The number of hydrogen-bond donors (Lipinski definition) is 2. The molecular weight excluding hydrogens is 198 g/mol. The maximum Gasteiger partial charge on any atom is 0.335 e.